The summed E-state index contributed by atoms with van der Waals surface area (Å²) < 4.78 is 1.64. The number of pyridine rings is 2. The summed E-state index contributed by atoms with van der Waals surface area (Å²) in [7, 11) is 1.76. The van der Waals surface area contributed by atoms with E-state index in [4.69, 9.17) is 0 Å². The summed E-state index contributed by atoms with van der Waals surface area (Å²) in [4.78, 5) is 34.0. The molecule has 0 bridgehead atoms. The molecule has 0 atom stereocenters. The Hall–Kier alpha value is -3.52. The lowest BCUT2D eigenvalue weighted by molar-refractivity contribution is 0.262. The highest BCUT2D eigenvalue weighted by molar-refractivity contribution is 7.13. The summed E-state index contributed by atoms with van der Waals surface area (Å²) in [6.07, 6.45) is 1.77. The fourth-order valence-corrected chi connectivity index (χ4v) is 4.00. The number of urea groups is 1. The van der Waals surface area contributed by atoms with E-state index in [9.17, 15) is 9.59 Å². The van der Waals surface area contributed by atoms with Gasteiger partial charge in [-0.25, -0.2) is 9.78 Å². The third-order valence-electron chi connectivity index (χ3n) is 4.87. The molecule has 0 fully saturated rings. The molecule has 30 heavy (non-hydrogen) atoms. The zero-order valence-electron chi connectivity index (χ0n) is 17.1. The average molecular weight is 420 g/mol. The molecule has 7 nitrogen and oxygen atoms in total. The van der Waals surface area contributed by atoms with Crippen LogP contribution >= 0.6 is 11.3 Å². The van der Waals surface area contributed by atoms with Gasteiger partial charge in [0.1, 0.15) is 0 Å². The summed E-state index contributed by atoms with van der Waals surface area (Å²) in [5.74, 6) is 0. The molecule has 0 unspecified atom stereocenters. The standard InChI is InChI=1S/C22H21N5O2S/c1-12-5-6-16(25-21(29)26-22-24-14(3)11-30-22)9-17(12)18-8-15-10-23-13(2)7-19(15)27(4)20(18)28/h5-11H,1-4H3,(H2,24,25,26,29). The van der Waals surface area contributed by atoms with Gasteiger partial charge in [-0.1, -0.05) is 6.07 Å². The minimum absolute atomic E-state index is 0.101. The van der Waals surface area contributed by atoms with Gasteiger partial charge in [0.25, 0.3) is 5.56 Å². The van der Waals surface area contributed by atoms with Gasteiger partial charge in [0, 0.05) is 41.0 Å². The molecule has 0 aliphatic heterocycles. The Morgan fingerprint density at radius 1 is 1.03 bits per heavy atom. The number of hydrogen-bond donors (Lipinski definition) is 2. The highest BCUT2D eigenvalue weighted by Gasteiger charge is 2.13. The van der Waals surface area contributed by atoms with Crippen molar-refractivity contribution >= 4 is 39.1 Å². The number of nitrogens with zero attached hydrogens (tertiary/aromatic N) is 3. The second kappa shape index (κ2) is 7.72. The van der Waals surface area contributed by atoms with E-state index in [1.165, 1.54) is 11.3 Å². The van der Waals surface area contributed by atoms with Crippen LogP contribution < -0.4 is 16.2 Å². The van der Waals surface area contributed by atoms with Gasteiger partial charge in [-0.15, -0.1) is 11.3 Å². The van der Waals surface area contributed by atoms with Crippen molar-refractivity contribution in [1.29, 1.82) is 0 Å². The number of anilines is 2. The van der Waals surface area contributed by atoms with Crippen LogP contribution in [0.4, 0.5) is 15.6 Å². The van der Waals surface area contributed by atoms with E-state index in [1.54, 1.807) is 17.8 Å². The molecule has 2 amide bonds. The van der Waals surface area contributed by atoms with Crippen LogP contribution in [0, 0.1) is 20.8 Å². The monoisotopic (exact) mass is 419 g/mol. The number of aromatic nitrogens is 3. The minimum Gasteiger partial charge on any atom is -0.311 e. The van der Waals surface area contributed by atoms with Crippen LogP contribution in [0.1, 0.15) is 17.0 Å². The third kappa shape index (κ3) is 3.81. The van der Waals surface area contributed by atoms with Gasteiger partial charge in [0.15, 0.2) is 5.13 Å². The van der Waals surface area contributed by atoms with Crippen LogP contribution in [-0.4, -0.2) is 20.6 Å². The molecular weight excluding hydrogens is 398 g/mol. The van der Waals surface area contributed by atoms with Crippen molar-refractivity contribution in [2.45, 2.75) is 20.8 Å². The van der Waals surface area contributed by atoms with Crippen LogP contribution in [0.3, 0.4) is 0 Å². The first kappa shape index (κ1) is 19.8. The quantitative estimate of drug-likeness (QED) is 0.507. The summed E-state index contributed by atoms with van der Waals surface area (Å²) in [5.41, 5.74) is 5.29. The van der Waals surface area contributed by atoms with E-state index < -0.39 is 0 Å². The van der Waals surface area contributed by atoms with E-state index in [1.807, 2.05) is 56.5 Å². The van der Waals surface area contributed by atoms with Crippen molar-refractivity contribution < 1.29 is 4.79 Å². The number of benzene rings is 1. The maximum atomic E-state index is 13.1. The maximum Gasteiger partial charge on any atom is 0.325 e. The van der Waals surface area contributed by atoms with Crippen molar-refractivity contribution in [2.24, 2.45) is 7.05 Å². The Labute approximate surface area is 177 Å². The second-order valence-corrected chi connectivity index (χ2v) is 8.07. The first-order chi connectivity index (χ1) is 14.3. The fourth-order valence-electron chi connectivity index (χ4n) is 3.32. The second-order valence-electron chi connectivity index (χ2n) is 7.21. The number of carbonyl (C=O) groups excluding carboxylic acids is 1. The lowest BCUT2D eigenvalue weighted by atomic mass is 9.99. The van der Waals surface area contributed by atoms with Gasteiger partial charge in [-0.2, -0.15) is 0 Å². The van der Waals surface area contributed by atoms with E-state index in [2.05, 4.69) is 20.6 Å². The molecule has 4 rings (SSSR count). The van der Waals surface area contributed by atoms with Crippen molar-refractivity contribution in [1.82, 2.24) is 14.5 Å². The number of hydrogen-bond acceptors (Lipinski definition) is 5. The molecule has 4 aromatic rings. The molecule has 0 aliphatic rings. The van der Waals surface area contributed by atoms with Crippen molar-refractivity contribution in [3.63, 3.8) is 0 Å². The van der Waals surface area contributed by atoms with Gasteiger partial charge >= 0.3 is 6.03 Å². The predicted molar refractivity (Wildman–Crippen MR) is 121 cm³/mol. The van der Waals surface area contributed by atoms with E-state index in [0.717, 1.165) is 33.4 Å². The number of amides is 2. The number of fused-ring (bicyclic) bond motifs is 1. The van der Waals surface area contributed by atoms with E-state index in [-0.39, 0.29) is 11.6 Å². The number of nitrogens with one attached hydrogen (secondary N) is 2. The normalized spacial score (nSPS) is 10.9. The first-order valence-corrected chi connectivity index (χ1v) is 10.3. The fraction of sp³-hybridized carbons (Fsp3) is 0.182. The Morgan fingerprint density at radius 3 is 2.57 bits per heavy atom. The Bertz CT molecular complexity index is 1340. The molecule has 1 aromatic carbocycles. The van der Waals surface area contributed by atoms with Crippen LogP contribution in [0.25, 0.3) is 22.0 Å². The molecule has 0 aliphatic carbocycles. The highest BCUT2D eigenvalue weighted by atomic mass is 32.1. The van der Waals surface area contributed by atoms with Gasteiger partial charge in [-0.3, -0.25) is 15.1 Å². The number of aryl methyl sites for hydroxylation is 4. The van der Waals surface area contributed by atoms with Gasteiger partial charge in [0.2, 0.25) is 0 Å². The van der Waals surface area contributed by atoms with Crippen molar-refractivity contribution in [3.8, 4) is 11.1 Å². The molecule has 3 heterocycles. The van der Waals surface area contributed by atoms with Crippen LogP contribution in [0.15, 0.2) is 46.7 Å². The molecule has 0 spiro atoms. The van der Waals surface area contributed by atoms with Gasteiger partial charge in [-0.05, 0) is 56.2 Å². The molecule has 152 valence electrons. The Kier molecular flexibility index (Phi) is 5.09. The van der Waals surface area contributed by atoms with Crippen LogP contribution in [0.2, 0.25) is 0 Å². The molecule has 2 N–H and O–H groups in total. The summed E-state index contributed by atoms with van der Waals surface area (Å²) in [6, 6.07) is 8.87. The van der Waals surface area contributed by atoms with Gasteiger partial charge < -0.3 is 9.88 Å². The number of thiazole rings is 1. The smallest absolute Gasteiger partial charge is 0.311 e. The number of carbonyl (C=O) groups is 1. The Morgan fingerprint density at radius 2 is 1.83 bits per heavy atom. The molecule has 0 radical (unpaired) electrons. The maximum absolute atomic E-state index is 13.1. The molecular formula is C22H21N5O2S. The lowest BCUT2D eigenvalue weighted by Crippen LogP contribution is -2.20. The Balaban J connectivity index is 1.70. The number of rotatable bonds is 3. The van der Waals surface area contributed by atoms with Crippen LogP contribution in [0.5, 0.6) is 0 Å². The largest absolute Gasteiger partial charge is 0.325 e. The third-order valence-corrected chi connectivity index (χ3v) is 5.75. The average Bonchev–Trinajstić information content (AvgIpc) is 3.11. The summed E-state index contributed by atoms with van der Waals surface area (Å²) >= 11 is 1.36. The minimum atomic E-state index is -0.384. The van der Waals surface area contributed by atoms with E-state index >= 15 is 0 Å². The summed E-state index contributed by atoms with van der Waals surface area (Å²) in [6.45, 7) is 5.70. The topological polar surface area (TPSA) is 88.9 Å². The molecule has 3 aromatic heterocycles. The lowest BCUT2D eigenvalue weighted by Gasteiger charge is -2.13. The molecule has 0 saturated heterocycles. The SMILES string of the molecule is Cc1cc2c(cn1)cc(-c1cc(NC(=O)Nc3nc(C)cs3)ccc1C)c(=O)n2C. The zero-order chi connectivity index (χ0) is 21.4. The zero-order valence-corrected chi connectivity index (χ0v) is 17.9. The summed E-state index contributed by atoms with van der Waals surface area (Å²) in [5, 5.41) is 8.81. The van der Waals surface area contributed by atoms with Gasteiger partial charge in [0.05, 0.1) is 11.2 Å². The molecule has 0 saturated carbocycles. The van der Waals surface area contributed by atoms with E-state index in [0.29, 0.717) is 16.4 Å². The van der Waals surface area contributed by atoms with Crippen molar-refractivity contribution in [2.75, 3.05) is 10.6 Å². The highest BCUT2D eigenvalue weighted by Crippen LogP contribution is 2.27. The van der Waals surface area contributed by atoms with Crippen molar-refractivity contribution in [3.05, 3.63) is 69.2 Å². The molecule has 8 heteroatoms. The first-order valence-electron chi connectivity index (χ1n) is 9.39. The van der Waals surface area contributed by atoms with Crippen LogP contribution in [-0.2, 0) is 7.05 Å². The predicted octanol–water partition coefficient (Wildman–Crippen LogP) is 4.63.